The van der Waals surface area contributed by atoms with Crippen molar-refractivity contribution < 1.29 is 9.00 Å². The van der Waals surface area contributed by atoms with E-state index in [2.05, 4.69) is 29.8 Å². The summed E-state index contributed by atoms with van der Waals surface area (Å²) >= 11 is 0. The van der Waals surface area contributed by atoms with E-state index in [1.165, 1.54) is 6.20 Å². The summed E-state index contributed by atoms with van der Waals surface area (Å²) < 4.78 is 13.6. The molecule has 0 spiro atoms. The third-order valence-corrected chi connectivity index (χ3v) is 8.24. The highest BCUT2D eigenvalue weighted by atomic mass is 32.2. The molecule has 192 valence electrons. The molecule has 4 N–H and O–H groups in total. The lowest BCUT2D eigenvalue weighted by molar-refractivity contribution is 0.0996. The number of aliphatic imine (C=N–C) groups is 1. The van der Waals surface area contributed by atoms with Crippen LogP contribution in [0, 0.1) is 0 Å². The molecule has 1 atom stereocenters. The first kappa shape index (κ1) is 24.9. The maximum atomic E-state index is 12.9. The minimum Gasteiger partial charge on any atom is -0.386 e. The molecule has 1 saturated carbocycles. The molecule has 11 nitrogen and oxygen atoms in total. The Morgan fingerprint density at radius 2 is 1.62 bits per heavy atom. The lowest BCUT2D eigenvalue weighted by Gasteiger charge is -2.41. The van der Waals surface area contributed by atoms with Crippen molar-refractivity contribution in [2.75, 3.05) is 43.1 Å². The SMILES string of the molecule is CS(=O)N1CCN(c2cnc(C(=O)N=C(N)C3(c4ccc(-c5cnc(N)nc5)cc4)CCC3)cn2)CC1. The molecule has 37 heavy (non-hydrogen) atoms. The molecular formula is C25H29N9O2S. The van der Waals surface area contributed by atoms with Gasteiger partial charge in [0.2, 0.25) is 5.95 Å². The number of nitrogens with zero attached hydrogens (tertiary/aromatic N) is 7. The van der Waals surface area contributed by atoms with Gasteiger partial charge in [-0.3, -0.25) is 4.79 Å². The van der Waals surface area contributed by atoms with Crippen LogP contribution in [0.3, 0.4) is 0 Å². The van der Waals surface area contributed by atoms with Crippen LogP contribution in [0.5, 0.6) is 0 Å². The summed E-state index contributed by atoms with van der Waals surface area (Å²) in [5.41, 5.74) is 14.5. The van der Waals surface area contributed by atoms with Crippen LogP contribution in [0.25, 0.3) is 11.1 Å². The predicted octanol–water partition coefficient (Wildman–Crippen LogP) is 1.55. The van der Waals surface area contributed by atoms with Crippen molar-refractivity contribution in [2.45, 2.75) is 24.7 Å². The Balaban J connectivity index is 1.29. The van der Waals surface area contributed by atoms with Gasteiger partial charge in [0, 0.05) is 50.4 Å². The van der Waals surface area contributed by atoms with Gasteiger partial charge in [-0.05, 0) is 24.0 Å². The molecular weight excluding hydrogens is 490 g/mol. The van der Waals surface area contributed by atoms with Crippen LogP contribution in [0.15, 0.2) is 54.0 Å². The molecule has 1 unspecified atom stereocenters. The first-order valence-electron chi connectivity index (χ1n) is 12.1. The van der Waals surface area contributed by atoms with Gasteiger partial charge < -0.3 is 16.4 Å². The maximum absolute atomic E-state index is 12.9. The van der Waals surface area contributed by atoms with E-state index in [-0.39, 0.29) is 11.6 Å². The van der Waals surface area contributed by atoms with Crippen molar-refractivity contribution in [3.63, 3.8) is 0 Å². The van der Waals surface area contributed by atoms with Gasteiger partial charge in [0.05, 0.1) is 28.8 Å². The summed E-state index contributed by atoms with van der Waals surface area (Å²) in [6, 6.07) is 8.00. The van der Waals surface area contributed by atoms with Gasteiger partial charge in [-0.15, -0.1) is 0 Å². The van der Waals surface area contributed by atoms with E-state index < -0.39 is 22.3 Å². The van der Waals surface area contributed by atoms with Gasteiger partial charge in [0.25, 0.3) is 5.91 Å². The van der Waals surface area contributed by atoms with Crippen LogP contribution >= 0.6 is 0 Å². The average molecular weight is 520 g/mol. The molecule has 0 radical (unpaired) electrons. The maximum Gasteiger partial charge on any atom is 0.298 e. The van der Waals surface area contributed by atoms with Crippen LogP contribution in [-0.4, -0.2) is 72.6 Å². The number of nitrogen functional groups attached to an aromatic ring is 1. The fourth-order valence-corrected chi connectivity index (χ4v) is 5.41. The third kappa shape index (κ3) is 5.07. The lowest BCUT2D eigenvalue weighted by atomic mass is 9.63. The van der Waals surface area contributed by atoms with E-state index in [1.807, 2.05) is 28.6 Å². The third-order valence-electron chi connectivity index (χ3n) is 7.15. The quantitative estimate of drug-likeness (QED) is 0.364. The Labute approximate surface area is 217 Å². The molecule has 0 bridgehead atoms. The Bertz CT molecular complexity index is 1320. The van der Waals surface area contributed by atoms with E-state index in [4.69, 9.17) is 11.5 Å². The molecule has 1 aliphatic heterocycles. The van der Waals surface area contributed by atoms with Gasteiger partial charge in [-0.1, -0.05) is 30.7 Å². The zero-order valence-electron chi connectivity index (χ0n) is 20.6. The summed E-state index contributed by atoms with van der Waals surface area (Å²) in [5.74, 6) is 0.694. The first-order chi connectivity index (χ1) is 17.9. The Morgan fingerprint density at radius 3 is 2.16 bits per heavy atom. The number of benzene rings is 1. The Hall–Kier alpha value is -3.77. The second-order valence-electron chi connectivity index (χ2n) is 9.24. The molecule has 1 saturated heterocycles. The Kier molecular flexibility index (Phi) is 6.94. The molecule has 1 aliphatic carbocycles. The molecule has 2 aromatic heterocycles. The number of carbonyl (C=O) groups excluding carboxylic acids is 1. The molecule has 3 heterocycles. The van der Waals surface area contributed by atoms with Gasteiger partial charge in [-0.2, -0.15) is 4.99 Å². The van der Waals surface area contributed by atoms with Crippen molar-refractivity contribution in [1.29, 1.82) is 0 Å². The zero-order valence-corrected chi connectivity index (χ0v) is 21.4. The summed E-state index contributed by atoms with van der Waals surface area (Å²) in [4.78, 5) is 36.0. The van der Waals surface area contributed by atoms with Crippen LogP contribution in [0.1, 0.15) is 35.3 Å². The number of carbonyl (C=O) groups is 1. The number of rotatable bonds is 6. The number of piperazine rings is 1. The van der Waals surface area contributed by atoms with Crippen LogP contribution in [0.2, 0.25) is 0 Å². The highest BCUT2D eigenvalue weighted by Gasteiger charge is 2.43. The molecule has 2 aliphatic rings. The molecule has 1 aromatic carbocycles. The number of nitrogens with two attached hydrogens (primary N) is 2. The van der Waals surface area contributed by atoms with Crippen LogP contribution < -0.4 is 16.4 Å². The number of hydrogen-bond donors (Lipinski definition) is 2. The van der Waals surface area contributed by atoms with Crippen molar-refractivity contribution in [3.05, 3.63) is 60.3 Å². The summed E-state index contributed by atoms with van der Waals surface area (Å²) in [7, 11) is -0.977. The largest absolute Gasteiger partial charge is 0.386 e. The average Bonchev–Trinajstić information content (AvgIpc) is 2.89. The fraction of sp³-hybridized carbons (Fsp3) is 0.360. The normalized spacial score (nSPS) is 18.7. The smallest absolute Gasteiger partial charge is 0.298 e. The van der Waals surface area contributed by atoms with Gasteiger partial charge in [0.1, 0.15) is 17.3 Å². The predicted molar refractivity (Wildman–Crippen MR) is 143 cm³/mol. The van der Waals surface area contributed by atoms with E-state index >= 15 is 0 Å². The number of anilines is 2. The van der Waals surface area contributed by atoms with E-state index in [0.29, 0.717) is 37.8 Å². The monoisotopic (exact) mass is 519 g/mol. The number of amidine groups is 1. The zero-order chi connectivity index (χ0) is 26.0. The lowest BCUT2D eigenvalue weighted by Crippen LogP contribution is -2.47. The number of hydrogen-bond acceptors (Lipinski definition) is 8. The van der Waals surface area contributed by atoms with E-state index in [9.17, 15) is 9.00 Å². The van der Waals surface area contributed by atoms with Crippen molar-refractivity contribution in [2.24, 2.45) is 10.7 Å². The topological polar surface area (TPSA) is 157 Å². The molecule has 3 aromatic rings. The van der Waals surface area contributed by atoms with Gasteiger partial charge >= 0.3 is 0 Å². The molecule has 2 fully saturated rings. The van der Waals surface area contributed by atoms with Gasteiger partial charge in [0.15, 0.2) is 0 Å². The number of aromatic nitrogens is 4. The van der Waals surface area contributed by atoms with Crippen LogP contribution in [-0.2, 0) is 16.4 Å². The number of amides is 1. The van der Waals surface area contributed by atoms with E-state index in [0.717, 1.165) is 36.0 Å². The van der Waals surface area contributed by atoms with E-state index in [1.54, 1.807) is 24.8 Å². The summed E-state index contributed by atoms with van der Waals surface area (Å²) in [5, 5.41) is 0. The molecule has 5 rings (SSSR count). The first-order valence-corrected chi connectivity index (χ1v) is 13.6. The minimum atomic E-state index is -0.977. The highest BCUT2D eigenvalue weighted by molar-refractivity contribution is 7.81. The van der Waals surface area contributed by atoms with Crippen molar-refractivity contribution in [3.8, 4) is 11.1 Å². The van der Waals surface area contributed by atoms with Crippen LogP contribution in [0.4, 0.5) is 11.8 Å². The standard InChI is InChI=1S/C25H29N9O2S/c1-37(36)34-11-9-33(10-12-34)21-16-28-20(15-29-21)22(35)32-23(26)25(7-2-8-25)19-5-3-17(4-6-19)18-13-30-24(27)31-14-18/h3-6,13-16H,2,7-12H2,1H3,(H2,26,32,35)(H2,27,30,31). The van der Waals surface area contributed by atoms with Gasteiger partial charge in [-0.25, -0.2) is 28.5 Å². The summed E-state index contributed by atoms with van der Waals surface area (Å²) in [6.07, 6.45) is 10.7. The van der Waals surface area contributed by atoms with Crippen molar-refractivity contribution in [1.82, 2.24) is 24.2 Å². The fourth-order valence-electron chi connectivity index (χ4n) is 4.73. The summed E-state index contributed by atoms with van der Waals surface area (Å²) in [6.45, 7) is 2.75. The second kappa shape index (κ2) is 10.3. The second-order valence-corrected chi connectivity index (χ2v) is 10.6. The minimum absolute atomic E-state index is 0.146. The van der Waals surface area contributed by atoms with Crippen molar-refractivity contribution >= 4 is 34.5 Å². The molecule has 1 amide bonds. The highest BCUT2D eigenvalue weighted by Crippen LogP contribution is 2.44. The molecule has 12 heteroatoms. The Morgan fingerprint density at radius 1 is 0.946 bits per heavy atom.